The molecule has 2 aromatic heterocycles. The van der Waals surface area contributed by atoms with Crippen molar-refractivity contribution < 1.29 is 22.5 Å². The van der Waals surface area contributed by atoms with Gasteiger partial charge >= 0.3 is 6.18 Å². The lowest BCUT2D eigenvalue weighted by Crippen LogP contribution is -2.33. The second kappa shape index (κ2) is 7.47. The smallest absolute Gasteiger partial charge is 0.359 e. The van der Waals surface area contributed by atoms with Gasteiger partial charge in [0.25, 0.3) is 0 Å². The normalized spacial score (nSPS) is 17.1. The van der Waals surface area contributed by atoms with E-state index in [9.17, 15) is 18.0 Å². The third-order valence-electron chi connectivity index (χ3n) is 4.64. The number of nitrogens with zero attached hydrogens (tertiary/aromatic N) is 2. The quantitative estimate of drug-likeness (QED) is 0.863. The Morgan fingerprint density at radius 1 is 1.27 bits per heavy atom. The summed E-state index contributed by atoms with van der Waals surface area (Å²) in [4.78, 5) is 15.6. The number of rotatable bonds is 4. The van der Waals surface area contributed by atoms with Gasteiger partial charge in [0.05, 0.1) is 6.04 Å². The summed E-state index contributed by atoms with van der Waals surface area (Å²) in [5.74, 6) is 0.399. The Balaban J connectivity index is 1.70. The third kappa shape index (κ3) is 4.23. The Morgan fingerprint density at radius 2 is 2.00 bits per heavy atom. The van der Waals surface area contributed by atoms with Gasteiger partial charge in [-0.1, -0.05) is 24.4 Å². The number of alkyl halides is 3. The van der Waals surface area contributed by atoms with Crippen LogP contribution in [0.2, 0.25) is 0 Å². The molecular weight excluding hydrogens is 347 g/mol. The maximum Gasteiger partial charge on any atom is 0.433 e. The molecule has 26 heavy (non-hydrogen) atoms. The van der Waals surface area contributed by atoms with Crippen molar-refractivity contribution in [1.29, 1.82) is 0 Å². The van der Waals surface area contributed by atoms with Gasteiger partial charge < -0.3 is 9.84 Å². The van der Waals surface area contributed by atoms with Gasteiger partial charge in [-0.2, -0.15) is 13.2 Å². The Morgan fingerprint density at radius 3 is 2.69 bits per heavy atom. The zero-order chi connectivity index (χ0) is 18.7. The third-order valence-corrected chi connectivity index (χ3v) is 4.64. The number of hydrogen-bond acceptors (Lipinski definition) is 4. The van der Waals surface area contributed by atoms with E-state index < -0.39 is 17.9 Å². The van der Waals surface area contributed by atoms with Crippen LogP contribution in [0.15, 0.2) is 28.9 Å². The average Bonchev–Trinajstić information content (AvgIpc) is 3.12. The molecule has 1 N–H and O–H groups in total. The van der Waals surface area contributed by atoms with Gasteiger partial charge in [-0.15, -0.1) is 0 Å². The molecule has 0 bridgehead atoms. The molecule has 0 saturated heterocycles. The van der Waals surface area contributed by atoms with E-state index in [1.54, 1.807) is 13.0 Å². The molecule has 1 fully saturated rings. The van der Waals surface area contributed by atoms with E-state index in [2.05, 4.69) is 15.5 Å². The number of aromatic nitrogens is 2. The van der Waals surface area contributed by atoms with Crippen molar-refractivity contribution in [3.63, 3.8) is 0 Å². The lowest BCUT2D eigenvalue weighted by molar-refractivity contribution is -0.141. The Labute approximate surface area is 149 Å². The van der Waals surface area contributed by atoms with E-state index >= 15 is 0 Å². The predicted octanol–water partition coefficient (Wildman–Crippen LogP) is 4.51. The molecule has 1 aliphatic rings. The van der Waals surface area contributed by atoms with E-state index in [0.29, 0.717) is 5.76 Å². The van der Waals surface area contributed by atoms with Gasteiger partial charge in [0, 0.05) is 23.7 Å². The van der Waals surface area contributed by atoms with Crippen LogP contribution in [0.4, 0.5) is 13.2 Å². The van der Waals surface area contributed by atoms with Crippen LogP contribution in [0.5, 0.6) is 0 Å². The molecule has 0 unspecified atom stereocenters. The molecule has 140 valence electrons. The summed E-state index contributed by atoms with van der Waals surface area (Å²) in [6.45, 7) is 1.76. The number of hydrogen-bond donors (Lipinski definition) is 1. The van der Waals surface area contributed by atoms with Gasteiger partial charge in [-0.3, -0.25) is 9.78 Å². The molecule has 1 saturated carbocycles. The minimum absolute atomic E-state index is 0.0154. The fraction of sp³-hybridized carbons (Fsp3) is 0.500. The summed E-state index contributed by atoms with van der Waals surface area (Å²) in [6.07, 6.45) is 1.61. The van der Waals surface area contributed by atoms with Crippen LogP contribution in [0.25, 0.3) is 11.3 Å². The number of amides is 1. The standard InChI is InChI=1S/C18H20F3N3O2/c1-11(23-17(25)12-5-3-2-4-6-12)15-10-14(24-26-15)13-7-8-22-16(9-13)18(19,20)21/h7-12H,2-6H2,1H3,(H,23,25)/t11-/m1/s1. The van der Waals surface area contributed by atoms with Crippen LogP contribution in [0.3, 0.4) is 0 Å². The molecule has 1 atom stereocenters. The van der Waals surface area contributed by atoms with Crippen LogP contribution in [0.1, 0.15) is 56.5 Å². The second-order valence-corrected chi connectivity index (χ2v) is 6.61. The van der Waals surface area contributed by atoms with Crippen LogP contribution in [-0.2, 0) is 11.0 Å². The molecule has 1 aliphatic carbocycles. The number of carbonyl (C=O) groups excluding carboxylic acids is 1. The Hall–Kier alpha value is -2.38. The first-order valence-electron chi connectivity index (χ1n) is 8.65. The van der Waals surface area contributed by atoms with Crippen LogP contribution >= 0.6 is 0 Å². The molecule has 1 amide bonds. The van der Waals surface area contributed by atoms with Crippen molar-refractivity contribution in [3.05, 3.63) is 35.9 Å². The molecule has 0 aliphatic heterocycles. The molecule has 2 aromatic rings. The average molecular weight is 367 g/mol. The maximum absolute atomic E-state index is 12.8. The fourth-order valence-electron chi connectivity index (χ4n) is 3.14. The number of nitrogens with one attached hydrogen (secondary N) is 1. The predicted molar refractivity (Wildman–Crippen MR) is 87.9 cm³/mol. The van der Waals surface area contributed by atoms with Crippen LogP contribution in [-0.4, -0.2) is 16.0 Å². The van der Waals surface area contributed by atoms with Crippen molar-refractivity contribution in [3.8, 4) is 11.3 Å². The summed E-state index contributed by atoms with van der Waals surface area (Å²) >= 11 is 0. The van der Waals surface area contributed by atoms with Gasteiger partial charge in [-0.25, -0.2) is 0 Å². The molecule has 5 nitrogen and oxygen atoms in total. The SMILES string of the molecule is C[C@@H](NC(=O)C1CCCCC1)c1cc(-c2ccnc(C(F)(F)F)c2)no1. The molecule has 0 spiro atoms. The molecule has 8 heteroatoms. The van der Waals surface area contributed by atoms with Crippen molar-refractivity contribution in [2.24, 2.45) is 5.92 Å². The van der Waals surface area contributed by atoms with Crippen molar-refractivity contribution in [2.75, 3.05) is 0 Å². The minimum Gasteiger partial charge on any atom is -0.359 e. The highest BCUT2D eigenvalue weighted by Crippen LogP contribution is 2.31. The van der Waals surface area contributed by atoms with E-state index in [1.165, 1.54) is 6.07 Å². The van der Waals surface area contributed by atoms with Gasteiger partial charge in [0.2, 0.25) is 5.91 Å². The lowest BCUT2D eigenvalue weighted by Gasteiger charge is -2.22. The first-order chi connectivity index (χ1) is 12.3. The fourth-order valence-corrected chi connectivity index (χ4v) is 3.14. The van der Waals surface area contributed by atoms with E-state index in [0.717, 1.165) is 44.4 Å². The summed E-state index contributed by atoms with van der Waals surface area (Å²) in [6, 6.07) is 3.49. The lowest BCUT2D eigenvalue weighted by atomic mass is 9.88. The molecule has 0 radical (unpaired) electrons. The van der Waals surface area contributed by atoms with Crippen molar-refractivity contribution >= 4 is 5.91 Å². The summed E-state index contributed by atoms with van der Waals surface area (Å²) in [7, 11) is 0. The second-order valence-electron chi connectivity index (χ2n) is 6.61. The van der Waals surface area contributed by atoms with Gasteiger partial charge in [0.1, 0.15) is 11.4 Å². The number of pyridine rings is 1. The van der Waals surface area contributed by atoms with Crippen LogP contribution < -0.4 is 5.32 Å². The zero-order valence-electron chi connectivity index (χ0n) is 14.3. The number of carbonyl (C=O) groups is 1. The summed E-state index contributed by atoms with van der Waals surface area (Å²) < 4.78 is 43.6. The topological polar surface area (TPSA) is 68.0 Å². The molecule has 3 rings (SSSR count). The molecule has 2 heterocycles. The molecular formula is C18H20F3N3O2. The molecule has 0 aromatic carbocycles. The summed E-state index contributed by atoms with van der Waals surface area (Å²) in [5, 5.41) is 6.73. The maximum atomic E-state index is 12.8. The highest BCUT2D eigenvalue weighted by Gasteiger charge is 2.32. The van der Waals surface area contributed by atoms with Crippen molar-refractivity contribution in [2.45, 2.75) is 51.2 Å². The van der Waals surface area contributed by atoms with Crippen molar-refractivity contribution in [1.82, 2.24) is 15.5 Å². The van der Waals surface area contributed by atoms with Gasteiger partial charge in [-0.05, 0) is 31.9 Å². The Kier molecular flexibility index (Phi) is 5.29. The monoisotopic (exact) mass is 367 g/mol. The highest BCUT2D eigenvalue weighted by atomic mass is 19.4. The van der Waals surface area contributed by atoms with Crippen LogP contribution in [0, 0.1) is 5.92 Å². The number of halogens is 3. The van der Waals surface area contributed by atoms with E-state index in [-0.39, 0.29) is 23.1 Å². The Bertz CT molecular complexity index is 767. The summed E-state index contributed by atoms with van der Waals surface area (Å²) in [5.41, 5.74) is -0.460. The first kappa shape index (κ1) is 18.4. The van der Waals surface area contributed by atoms with Gasteiger partial charge in [0.15, 0.2) is 5.76 Å². The highest BCUT2D eigenvalue weighted by molar-refractivity contribution is 5.79. The van der Waals surface area contributed by atoms with E-state index in [1.807, 2.05) is 0 Å². The zero-order valence-corrected chi connectivity index (χ0v) is 14.3. The largest absolute Gasteiger partial charge is 0.433 e. The first-order valence-corrected chi connectivity index (χ1v) is 8.65. The minimum atomic E-state index is -4.52. The van der Waals surface area contributed by atoms with E-state index in [4.69, 9.17) is 4.52 Å².